The molecular formula is C22H23FN4OS. The number of amides is 1. The Morgan fingerprint density at radius 2 is 2.00 bits per heavy atom. The first-order valence-electron chi connectivity index (χ1n) is 9.31. The Balaban J connectivity index is 1.86. The highest BCUT2D eigenvalue weighted by Crippen LogP contribution is 2.29. The van der Waals surface area contributed by atoms with Crippen molar-refractivity contribution in [2.24, 2.45) is 0 Å². The molecule has 2 aromatic heterocycles. The Labute approximate surface area is 174 Å². The van der Waals surface area contributed by atoms with Crippen LogP contribution in [0.5, 0.6) is 0 Å². The minimum absolute atomic E-state index is 0.220. The van der Waals surface area contributed by atoms with Gasteiger partial charge < -0.3 is 10.2 Å². The quantitative estimate of drug-likeness (QED) is 0.571. The molecule has 7 heteroatoms. The van der Waals surface area contributed by atoms with Crippen molar-refractivity contribution in [3.05, 3.63) is 77.2 Å². The van der Waals surface area contributed by atoms with Gasteiger partial charge in [0.05, 0.1) is 5.56 Å². The van der Waals surface area contributed by atoms with Gasteiger partial charge in [0, 0.05) is 19.8 Å². The smallest absolute Gasteiger partial charge is 0.254 e. The summed E-state index contributed by atoms with van der Waals surface area (Å²) in [6.45, 7) is 4.17. The van der Waals surface area contributed by atoms with Crippen molar-refractivity contribution in [2.45, 2.75) is 25.4 Å². The summed E-state index contributed by atoms with van der Waals surface area (Å²) in [5.74, 6) is 1.74. The van der Waals surface area contributed by atoms with Crippen LogP contribution in [0, 0.1) is 12.7 Å². The van der Waals surface area contributed by atoms with Crippen molar-refractivity contribution in [2.75, 3.05) is 17.7 Å². The molecule has 0 fully saturated rings. The Bertz CT molecular complexity index is 997. The number of nitrogens with one attached hydrogen (secondary N) is 1. The van der Waals surface area contributed by atoms with Crippen molar-refractivity contribution in [1.82, 2.24) is 15.3 Å². The Hall–Kier alpha value is -2.93. The maximum atomic E-state index is 13.4. The van der Waals surface area contributed by atoms with Crippen LogP contribution in [0.3, 0.4) is 0 Å². The van der Waals surface area contributed by atoms with E-state index in [4.69, 9.17) is 4.98 Å². The number of anilines is 2. The van der Waals surface area contributed by atoms with Crippen LogP contribution in [0.1, 0.15) is 28.4 Å². The second-order valence-electron chi connectivity index (χ2n) is 6.47. The second-order valence-corrected chi connectivity index (χ2v) is 7.72. The Morgan fingerprint density at radius 1 is 1.17 bits per heavy atom. The third-order valence-corrected chi connectivity index (χ3v) is 5.21. The average molecular weight is 411 g/mol. The molecule has 0 aliphatic carbocycles. The van der Waals surface area contributed by atoms with Crippen LogP contribution in [0.25, 0.3) is 0 Å². The summed E-state index contributed by atoms with van der Waals surface area (Å²) in [4.78, 5) is 23.9. The van der Waals surface area contributed by atoms with E-state index in [1.807, 2.05) is 50.1 Å². The zero-order valence-corrected chi connectivity index (χ0v) is 17.5. The fourth-order valence-corrected chi connectivity index (χ4v) is 3.73. The molecule has 2 heterocycles. The average Bonchev–Trinajstić information content (AvgIpc) is 2.72. The number of hydrogen-bond acceptors (Lipinski definition) is 5. The van der Waals surface area contributed by atoms with E-state index in [2.05, 4.69) is 10.3 Å². The van der Waals surface area contributed by atoms with Crippen molar-refractivity contribution >= 4 is 29.3 Å². The minimum atomic E-state index is -0.321. The number of aryl methyl sites for hydroxylation is 1. The lowest BCUT2D eigenvalue weighted by atomic mass is 10.1. The van der Waals surface area contributed by atoms with Crippen LogP contribution in [0.2, 0.25) is 0 Å². The molecule has 29 heavy (non-hydrogen) atoms. The number of pyridine rings is 2. The summed E-state index contributed by atoms with van der Waals surface area (Å²) < 4.78 is 13.4. The number of thioether (sulfide) groups is 1. The zero-order valence-electron chi connectivity index (χ0n) is 16.6. The molecule has 3 rings (SSSR count). The molecular weight excluding hydrogens is 387 g/mol. The molecule has 1 N–H and O–H groups in total. The summed E-state index contributed by atoms with van der Waals surface area (Å²) in [6, 6.07) is 13.8. The first kappa shape index (κ1) is 20.8. The highest BCUT2D eigenvalue weighted by Gasteiger charge is 2.19. The second kappa shape index (κ2) is 9.52. The van der Waals surface area contributed by atoms with Gasteiger partial charge in [0.25, 0.3) is 5.91 Å². The molecule has 0 radical (unpaired) electrons. The van der Waals surface area contributed by atoms with Crippen molar-refractivity contribution in [3.8, 4) is 0 Å². The highest BCUT2D eigenvalue weighted by atomic mass is 32.2. The fraction of sp³-hybridized carbons (Fsp3) is 0.227. The van der Waals surface area contributed by atoms with Gasteiger partial charge in [-0.05, 0) is 54.1 Å². The SMILES string of the molecule is CCSc1nc(N(C)c2ccccn2)cc(C)c1C(=O)NCc1cccc(F)c1. The molecule has 0 saturated heterocycles. The summed E-state index contributed by atoms with van der Waals surface area (Å²) >= 11 is 1.52. The van der Waals surface area contributed by atoms with Gasteiger partial charge in [-0.15, -0.1) is 11.8 Å². The van der Waals surface area contributed by atoms with Gasteiger partial charge in [-0.25, -0.2) is 14.4 Å². The van der Waals surface area contributed by atoms with Gasteiger partial charge >= 0.3 is 0 Å². The number of nitrogens with zero attached hydrogens (tertiary/aromatic N) is 3. The molecule has 0 unspecified atom stereocenters. The molecule has 1 aromatic carbocycles. The number of halogens is 1. The van der Waals surface area contributed by atoms with E-state index in [0.29, 0.717) is 16.2 Å². The summed E-state index contributed by atoms with van der Waals surface area (Å²) in [5, 5.41) is 3.55. The fourth-order valence-electron chi connectivity index (χ4n) is 2.90. The Kier molecular flexibility index (Phi) is 6.82. The molecule has 3 aromatic rings. The van der Waals surface area contributed by atoms with E-state index in [0.717, 1.165) is 23.0 Å². The summed E-state index contributed by atoms with van der Waals surface area (Å²) in [7, 11) is 1.90. The monoisotopic (exact) mass is 410 g/mol. The van der Waals surface area contributed by atoms with E-state index in [9.17, 15) is 9.18 Å². The number of carbonyl (C=O) groups excluding carboxylic acids is 1. The number of aromatic nitrogens is 2. The van der Waals surface area contributed by atoms with Crippen LogP contribution in [-0.2, 0) is 6.54 Å². The molecule has 150 valence electrons. The van der Waals surface area contributed by atoms with Gasteiger partial charge in [-0.3, -0.25) is 4.79 Å². The lowest BCUT2D eigenvalue weighted by molar-refractivity contribution is 0.0946. The summed E-state index contributed by atoms with van der Waals surface area (Å²) in [6.07, 6.45) is 1.73. The normalized spacial score (nSPS) is 10.6. The molecule has 0 saturated carbocycles. The number of carbonyl (C=O) groups is 1. The van der Waals surface area contributed by atoms with E-state index in [-0.39, 0.29) is 18.3 Å². The third kappa shape index (κ3) is 5.12. The minimum Gasteiger partial charge on any atom is -0.348 e. The molecule has 0 bridgehead atoms. The van der Waals surface area contributed by atoms with Crippen molar-refractivity contribution < 1.29 is 9.18 Å². The van der Waals surface area contributed by atoms with Crippen molar-refractivity contribution in [3.63, 3.8) is 0 Å². The maximum absolute atomic E-state index is 13.4. The summed E-state index contributed by atoms with van der Waals surface area (Å²) in [5.41, 5.74) is 2.08. The van der Waals surface area contributed by atoms with E-state index < -0.39 is 0 Å². The first-order chi connectivity index (χ1) is 14.0. The van der Waals surface area contributed by atoms with E-state index >= 15 is 0 Å². The predicted octanol–water partition coefficient (Wildman–Crippen LogP) is 4.73. The van der Waals surface area contributed by atoms with Crippen LogP contribution in [0.4, 0.5) is 16.0 Å². The standard InChI is InChI=1S/C22H23FN4OS/c1-4-29-22-20(21(28)25-14-16-8-7-9-17(23)13-16)15(2)12-19(26-22)27(3)18-10-5-6-11-24-18/h5-13H,4,14H2,1-3H3,(H,25,28). The van der Waals surface area contributed by atoms with Crippen LogP contribution < -0.4 is 10.2 Å². The zero-order chi connectivity index (χ0) is 20.8. The number of rotatable bonds is 7. The van der Waals surface area contributed by atoms with Crippen LogP contribution in [-0.4, -0.2) is 28.7 Å². The van der Waals surface area contributed by atoms with Gasteiger partial charge in [0.15, 0.2) is 0 Å². The van der Waals surface area contributed by atoms with E-state index in [1.165, 1.54) is 23.9 Å². The van der Waals surface area contributed by atoms with Gasteiger partial charge in [-0.2, -0.15) is 0 Å². The number of hydrogen-bond donors (Lipinski definition) is 1. The molecule has 1 amide bonds. The van der Waals surface area contributed by atoms with E-state index in [1.54, 1.807) is 18.3 Å². The molecule has 0 aliphatic rings. The highest BCUT2D eigenvalue weighted by molar-refractivity contribution is 7.99. The lowest BCUT2D eigenvalue weighted by Crippen LogP contribution is -2.25. The largest absolute Gasteiger partial charge is 0.348 e. The predicted molar refractivity (Wildman–Crippen MR) is 115 cm³/mol. The van der Waals surface area contributed by atoms with Gasteiger partial charge in [-0.1, -0.05) is 25.1 Å². The molecule has 0 spiro atoms. The molecule has 0 atom stereocenters. The Morgan fingerprint density at radius 3 is 2.69 bits per heavy atom. The maximum Gasteiger partial charge on any atom is 0.254 e. The molecule has 5 nitrogen and oxygen atoms in total. The van der Waals surface area contributed by atoms with Gasteiger partial charge in [0.2, 0.25) is 0 Å². The topological polar surface area (TPSA) is 58.1 Å². The van der Waals surface area contributed by atoms with Crippen LogP contribution in [0.15, 0.2) is 59.8 Å². The van der Waals surface area contributed by atoms with Crippen molar-refractivity contribution in [1.29, 1.82) is 0 Å². The van der Waals surface area contributed by atoms with Crippen LogP contribution >= 0.6 is 11.8 Å². The number of benzene rings is 1. The lowest BCUT2D eigenvalue weighted by Gasteiger charge is -2.20. The van der Waals surface area contributed by atoms with Gasteiger partial charge in [0.1, 0.15) is 22.5 Å². The first-order valence-corrected chi connectivity index (χ1v) is 10.3. The molecule has 0 aliphatic heterocycles. The third-order valence-electron chi connectivity index (χ3n) is 4.36.